The number of hydrogen-bond donors (Lipinski definition) is 1. The molecule has 1 aliphatic rings. The summed E-state index contributed by atoms with van der Waals surface area (Å²) in [6, 6.07) is 3.56. The Morgan fingerprint density at radius 2 is 1.95 bits per heavy atom. The van der Waals surface area contributed by atoms with E-state index in [-0.39, 0.29) is 17.6 Å². The highest BCUT2D eigenvalue weighted by molar-refractivity contribution is 6.52. The molecule has 0 aliphatic carbocycles. The van der Waals surface area contributed by atoms with Crippen LogP contribution in [0.15, 0.2) is 24.3 Å². The second-order valence-electron chi connectivity index (χ2n) is 6.13. The van der Waals surface area contributed by atoms with E-state index in [0.29, 0.717) is 5.69 Å². The Morgan fingerprint density at radius 1 is 1.33 bits per heavy atom. The van der Waals surface area contributed by atoms with Crippen molar-refractivity contribution in [2.45, 2.75) is 45.3 Å². The zero-order valence-electron chi connectivity index (χ0n) is 12.8. The molecular weight excluding hydrogens is 269 g/mol. The molecule has 1 N–H and O–H groups in total. The highest BCUT2D eigenvalue weighted by Gasteiger charge is 2.49. The molecular formula is C15H20BNO4. The van der Waals surface area contributed by atoms with Crippen LogP contribution in [0.1, 0.15) is 39.0 Å². The standard InChI is InChI=1S/C15H20BNO4/c1-14(2)15(3,4)21-16(20-14)7-5-11-6-8-17-12(9-11)10-13(18)19/h5-9H,10H2,1-4H3,(H,18,19)/b7-5+. The maximum absolute atomic E-state index is 10.7. The summed E-state index contributed by atoms with van der Waals surface area (Å²) in [6.45, 7) is 7.99. The van der Waals surface area contributed by atoms with Crippen molar-refractivity contribution in [3.63, 3.8) is 0 Å². The van der Waals surface area contributed by atoms with Crippen LogP contribution in [-0.4, -0.2) is 34.4 Å². The molecule has 112 valence electrons. The summed E-state index contributed by atoms with van der Waals surface area (Å²) in [4.78, 5) is 14.7. The van der Waals surface area contributed by atoms with Gasteiger partial charge in [0.1, 0.15) is 0 Å². The summed E-state index contributed by atoms with van der Waals surface area (Å²) in [7, 11) is -0.411. The first kappa shape index (κ1) is 15.7. The molecule has 0 amide bonds. The van der Waals surface area contributed by atoms with Crippen molar-refractivity contribution in [1.82, 2.24) is 4.98 Å². The molecule has 5 nitrogen and oxygen atoms in total. The second kappa shape index (κ2) is 5.62. The lowest BCUT2D eigenvalue weighted by molar-refractivity contribution is -0.136. The minimum absolute atomic E-state index is 0.0851. The van der Waals surface area contributed by atoms with Crippen molar-refractivity contribution in [3.8, 4) is 0 Å². The molecule has 1 aromatic rings. The van der Waals surface area contributed by atoms with Gasteiger partial charge in [0.25, 0.3) is 0 Å². The summed E-state index contributed by atoms with van der Waals surface area (Å²) < 4.78 is 11.7. The summed E-state index contributed by atoms with van der Waals surface area (Å²) >= 11 is 0. The number of carboxylic acids is 1. The quantitative estimate of drug-likeness (QED) is 0.862. The van der Waals surface area contributed by atoms with E-state index in [1.54, 1.807) is 12.3 Å². The Kier molecular flexibility index (Phi) is 4.21. The molecule has 0 unspecified atom stereocenters. The van der Waals surface area contributed by atoms with Gasteiger partial charge in [0.05, 0.1) is 23.3 Å². The van der Waals surface area contributed by atoms with E-state index in [0.717, 1.165) is 5.56 Å². The third-order valence-electron chi connectivity index (χ3n) is 3.89. The summed E-state index contributed by atoms with van der Waals surface area (Å²) in [5.41, 5.74) is 0.665. The van der Waals surface area contributed by atoms with Gasteiger partial charge in [-0.2, -0.15) is 0 Å². The zero-order valence-corrected chi connectivity index (χ0v) is 12.8. The average Bonchev–Trinajstić information content (AvgIpc) is 2.55. The van der Waals surface area contributed by atoms with Gasteiger partial charge in [-0.3, -0.25) is 9.78 Å². The van der Waals surface area contributed by atoms with Crippen molar-refractivity contribution >= 4 is 19.2 Å². The van der Waals surface area contributed by atoms with E-state index in [4.69, 9.17) is 14.4 Å². The number of carboxylic acid groups (broad SMARTS) is 1. The van der Waals surface area contributed by atoms with E-state index < -0.39 is 13.1 Å². The van der Waals surface area contributed by atoms with Gasteiger partial charge < -0.3 is 14.4 Å². The molecule has 2 rings (SSSR count). The summed E-state index contributed by atoms with van der Waals surface area (Å²) in [5, 5.41) is 8.78. The van der Waals surface area contributed by atoms with Crippen molar-refractivity contribution in [2.24, 2.45) is 0 Å². The van der Waals surface area contributed by atoms with Crippen molar-refractivity contribution in [1.29, 1.82) is 0 Å². The number of nitrogens with zero attached hydrogens (tertiary/aromatic N) is 1. The van der Waals surface area contributed by atoms with Crippen LogP contribution in [0.3, 0.4) is 0 Å². The fraction of sp³-hybridized carbons (Fsp3) is 0.467. The molecule has 0 saturated carbocycles. The van der Waals surface area contributed by atoms with Crippen LogP contribution >= 0.6 is 0 Å². The second-order valence-corrected chi connectivity index (χ2v) is 6.13. The molecule has 21 heavy (non-hydrogen) atoms. The molecule has 0 bridgehead atoms. The molecule has 0 aromatic carbocycles. The lowest BCUT2D eigenvalue weighted by Gasteiger charge is -2.32. The maximum Gasteiger partial charge on any atom is 0.487 e. The Labute approximate surface area is 125 Å². The van der Waals surface area contributed by atoms with Gasteiger partial charge in [-0.1, -0.05) is 12.1 Å². The molecule has 1 aliphatic heterocycles. The van der Waals surface area contributed by atoms with Crippen molar-refractivity contribution in [2.75, 3.05) is 0 Å². The fourth-order valence-electron chi connectivity index (χ4n) is 2.01. The van der Waals surface area contributed by atoms with Crippen LogP contribution in [0.2, 0.25) is 0 Å². The van der Waals surface area contributed by atoms with Crippen LogP contribution in [0.5, 0.6) is 0 Å². The van der Waals surface area contributed by atoms with Crippen LogP contribution in [0, 0.1) is 0 Å². The Hall–Kier alpha value is -1.66. The number of aromatic nitrogens is 1. The first-order chi connectivity index (χ1) is 9.69. The highest BCUT2D eigenvalue weighted by Crippen LogP contribution is 2.36. The van der Waals surface area contributed by atoms with E-state index in [2.05, 4.69) is 4.98 Å². The van der Waals surface area contributed by atoms with E-state index >= 15 is 0 Å². The normalized spacial score (nSPS) is 20.1. The molecule has 0 atom stereocenters. The van der Waals surface area contributed by atoms with Crippen LogP contribution in [-0.2, 0) is 20.5 Å². The lowest BCUT2D eigenvalue weighted by Crippen LogP contribution is -2.41. The summed E-state index contributed by atoms with van der Waals surface area (Å²) in [6.07, 6.45) is 3.37. The predicted molar refractivity (Wildman–Crippen MR) is 80.7 cm³/mol. The topological polar surface area (TPSA) is 68.7 Å². The van der Waals surface area contributed by atoms with Crippen molar-refractivity contribution < 1.29 is 19.2 Å². The van der Waals surface area contributed by atoms with Gasteiger partial charge >= 0.3 is 13.1 Å². The van der Waals surface area contributed by atoms with Gasteiger partial charge in [-0.05, 0) is 45.4 Å². The lowest BCUT2D eigenvalue weighted by atomic mass is 9.89. The molecule has 0 spiro atoms. The van der Waals surface area contributed by atoms with E-state index in [1.165, 1.54) is 0 Å². The van der Waals surface area contributed by atoms with Crippen LogP contribution in [0.4, 0.5) is 0 Å². The highest BCUT2D eigenvalue weighted by atomic mass is 16.7. The van der Waals surface area contributed by atoms with E-state index in [9.17, 15) is 4.79 Å². The number of rotatable bonds is 4. The average molecular weight is 289 g/mol. The molecule has 1 saturated heterocycles. The van der Waals surface area contributed by atoms with Gasteiger partial charge in [0.2, 0.25) is 0 Å². The molecule has 6 heteroatoms. The smallest absolute Gasteiger partial charge is 0.481 e. The molecule has 0 radical (unpaired) electrons. The SMILES string of the molecule is CC1(C)OB(/C=C/c2ccnc(CC(=O)O)c2)OC1(C)C. The molecule has 1 fully saturated rings. The first-order valence-electron chi connectivity index (χ1n) is 6.90. The van der Waals surface area contributed by atoms with Crippen molar-refractivity contribution in [3.05, 3.63) is 35.6 Å². The van der Waals surface area contributed by atoms with Crippen LogP contribution < -0.4 is 0 Å². The minimum Gasteiger partial charge on any atom is -0.481 e. The van der Waals surface area contributed by atoms with Gasteiger partial charge in [0.15, 0.2) is 0 Å². The maximum atomic E-state index is 10.7. The number of pyridine rings is 1. The summed E-state index contributed by atoms with van der Waals surface area (Å²) in [5.74, 6) is 0.936. The minimum atomic E-state index is -0.894. The van der Waals surface area contributed by atoms with E-state index in [1.807, 2.05) is 45.8 Å². The van der Waals surface area contributed by atoms with Gasteiger partial charge in [0, 0.05) is 6.20 Å². The molecule has 2 heterocycles. The largest absolute Gasteiger partial charge is 0.487 e. The third-order valence-corrected chi connectivity index (χ3v) is 3.89. The number of hydrogen-bond acceptors (Lipinski definition) is 4. The molecule has 1 aromatic heterocycles. The fourth-order valence-corrected chi connectivity index (χ4v) is 2.01. The number of carbonyl (C=O) groups is 1. The predicted octanol–water partition coefficient (Wildman–Crippen LogP) is 2.35. The van der Waals surface area contributed by atoms with Gasteiger partial charge in [-0.15, -0.1) is 0 Å². The Bertz CT molecular complexity index is 553. The first-order valence-corrected chi connectivity index (χ1v) is 6.90. The number of aliphatic carboxylic acids is 1. The Morgan fingerprint density at radius 3 is 2.52 bits per heavy atom. The Balaban J connectivity index is 2.07. The van der Waals surface area contributed by atoms with Gasteiger partial charge in [-0.25, -0.2) is 0 Å². The van der Waals surface area contributed by atoms with Crippen LogP contribution in [0.25, 0.3) is 6.08 Å². The zero-order chi connectivity index (χ0) is 15.7. The third kappa shape index (κ3) is 3.71. The monoisotopic (exact) mass is 289 g/mol.